The van der Waals surface area contributed by atoms with Crippen LogP contribution in [-0.4, -0.2) is 63.3 Å². The maximum Gasteiger partial charge on any atom is 0.416 e. The van der Waals surface area contributed by atoms with Crippen LogP contribution in [0.15, 0.2) is 53.4 Å². The van der Waals surface area contributed by atoms with Gasteiger partial charge in [-0.15, -0.1) is 0 Å². The fraction of sp³-hybridized carbons (Fsp3) is 0.300. The molecular formula is C20H19ClF3N3O4S. The molecule has 0 unspecified atom stereocenters. The zero-order chi connectivity index (χ0) is 23.5. The Morgan fingerprint density at radius 1 is 1.06 bits per heavy atom. The highest BCUT2D eigenvalue weighted by Gasteiger charge is 2.35. The summed E-state index contributed by atoms with van der Waals surface area (Å²) in [6.07, 6.45) is -4.09. The van der Waals surface area contributed by atoms with Gasteiger partial charge in [0.2, 0.25) is 12.3 Å². The molecular weight excluding hydrogens is 471 g/mol. The van der Waals surface area contributed by atoms with Crippen molar-refractivity contribution >= 4 is 39.6 Å². The fourth-order valence-electron chi connectivity index (χ4n) is 3.20. The van der Waals surface area contributed by atoms with E-state index in [9.17, 15) is 31.2 Å². The lowest BCUT2D eigenvalue weighted by atomic mass is 10.2. The number of amides is 2. The van der Waals surface area contributed by atoms with E-state index in [-0.39, 0.29) is 36.1 Å². The van der Waals surface area contributed by atoms with Gasteiger partial charge in [0.1, 0.15) is 6.54 Å². The molecule has 2 amide bonds. The summed E-state index contributed by atoms with van der Waals surface area (Å²) in [6.45, 7) is 0.134. The first-order chi connectivity index (χ1) is 15.0. The van der Waals surface area contributed by atoms with Gasteiger partial charge in [0.05, 0.1) is 21.2 Å². The molecule has 172 valence electrons. The first-order valence-electron chi connectivity index (χ1n) is 9.45. The maximum absolute atomic E-state index is 13.3. The smallest absolute Gasteiger partial charge is 0.342 e. The zero-order valence-corrected chi connectivity index (χ0v) is 18.2. The normalized spacial score (nSPS) is 14.9. The third kappa shape index (κ3) is 5.16. The van der Waals surface area contributed by atoms with Gasteiger partial charge in [0.25, 0.3) is 10.0 Å². The Morgan fingerprint density at radius 2 is 1.69 bits per heavy atom. The number of hydrogen-bond acceptors (Lipinski definition) is 4. The van der Waals surface area contributed by atoms with Gasteiger partial charge in [-0.2, -0.15) is 13.2 Å². The van der Waals surface area contributed by atoms with Crippen molar-refractivity contribution in [1.82, 2.24) is 9.80 Å². The van der Waals surface area contributed by atoms with Gasteiger partial charge in [0.15, 0.2) is 0 Å². The van der Waals surface area contributed by atoms with Crippen LogP contribution in [0.4, 0.5) is 18.9 Å². The number of piperazine rings is 1. The Balaban J connectivity index is 2.02. The van der Waals surface area contributed by atoms with Gasteiger partial charge in [-0.05, 0) is 30.3 Å². The van der Waals surface area contributed by atoms with Gasteiger partial charge in [-0.3, -0.25) is 13.9 Å². The van der Waals surface area contributed by atoms with E-state index in [0.717, 1.165) is 12.1 Å². The monoisotopic (exact) mass is 489 g/mol. The molecule has 3 rings (SSSR count). The van der Waals surface area contributed by atoms with E-state index in [1.165, 1.54) is 34.1 Å². The molecule has 2 aromatic carbocycles. The standard InChI is InChI=1S/C20H19ClF3N3O4S/c21-17-7-6-15(20(22,23)24)12-18(17)27(32(30,31)16-4-2-1-3-5-16)13-19(29)26-10-8-25(14-28)9-11-26/h1-7,12,14H,8-11,13H2. The second-order valence-corrected chi connectivity index (χ2v) is 9.28. The Bertz CT molecular complexity index is 1090. The second-order valence-electron chi connectivity index (χ2n) is 7.01. The Hall–Kier alpha value is -2.79. The molecule has 0 aromatic heterocycles. The summed E-state index contributed by atoms with van der Waals surface area (Å²) in [5.41, 5.74) is -1.55. The van der Waals surface area contributed by atoms with Crippen molar-refractivity contribution in [2.75, 3.05) is 37.0 Å². The van der Waals surface area contributed by atoms with Crippen molar-refractivity contribution < 1.29 is 31.2 Å². The highest BCUT2D eigenvalue weighted by atomic mass is 35.5. The van der Waals surface area contributed by atoms with Crippen LogP contribution in [0.25, 0.3) is 0 Å². The first-order valence-corrected chi connectivity index (χ1v) is 11.3. The fourth-order valence-corrected chi connectivity index (χ4v) is 4.91. The van der Waals surface area contributed by atoms with Crippen molar-refractivity contribution in [3.63, 3.8) is 0 Å². The highest BCUT2D eigenvalue weighted by molar-refractivity contribution is 7.92. The predicted octanol–water partition coefficient (Wildman–Crippen LogP) is 2.85. The lowest BCUT2D eigenvalue weighted by molar-refractivity contribution is -0.137. The van der Waals surface area contributed by atoms with Crippen LogP contribution >= 0.6 is 11.6 Å². The summed E-state index contributed by atoms with van der Waals surface area (Å²) in [7, 11) is -4.42. The molecule has 1 heterocycles. The minimum absolute atomic E-state index is 0.174. The number of anilines is 1. The van der Waals surface area contributed by atoms with E-state index in [4.69, 9.17) is 11.6 Å². The number of carbonyl (C=O) groups is 2. The number of nitrogens with zero attached hydrogens (tertiary/aromatic N) is 3. The molecule has 7 nitrogen and oxygen atoms in total. The van der Waals surface area contributed by atoms with Crippen LogP contribution in [0.2, 0.25) is 5.02 Å². The summed E-state index contributed by atoms with van der Waals surface area (Å²) >= 11 is 6.10. The Morgan fingerprint density at radius 3 is 2.25 bits per heavy atom. The van der Waals surface area contributed by atoms with E-state index in [0.29, 0.717) is 16.8 Å². The third-order valence-corrected chi connectivity index (χ3v) is 7.06. The molecule has 0 atom stereocenters. The van der Waals surface area contributed by atoms with Gasteiger partial charge in [-0.1, -0.05) is 29.8 Å². The molecule has 0 aliphatic carbocycles. The van der Waals surface area contributed by atoms with Crippen molar-refractivity contribution in [2.45, 2.75) is 11.1 Å². The lowest BCUT2D eigenvalue weighted by Gasteiger charge is -2.34. The van der Waals surface area contributed by atoms with E-state index in [1.807, 2.05) is 0 Å². The number of benzene rings is 2. The van der Waals surface area contributed by atoms with Crippen LogP contribution in [0.5, 0.6) is 0 Å². The first kappa shape index (κ1) is 23.9. The van der Waals surface area contributed by atoms with Crippen LogP contribution in [0.3, 0.4) is 0 Å². The molecule has 12 heteroatoms. The molecule has 1 aliphatic heterocycles. The number of sulfonamides is 1. The zero-order valence-electron chi connectivity index (χ0n) is 16.6. The number of carbonyl (C=O) groups excluding carboxylic acids is 2. The highest BCUT2D eigenvalue weighted by Crippen LogP contribution is 2.37. The van der Waals surface area contributed by atoms with Crippen molar-refractivity contribution in [2.24, 2.45) is 0 Å². The molecule has 1 fully saturated rings. The van der Waals surface area contributed by atoms with E-state index < -0.39 is 39.9 Å². The van der Waals surface area contributed by atoms with E-state index in [2.05, 4.69) is 0 Å². The molecule has 0 saturated carbocycles. The number of alkyl halides is 3. The van der Waals surface area contributed by atoms with Gasteiger partial charge in [-0.25, -0.2) is 8.42 Å². The molecule has 1 saturated heterocycles. The molecule has 0 bridgehead atoms. The third-order valence-electron chi connectivity index (χ3n) is 4.97. The average molecular weight is 490 g/mol. The van der Waals surface area contributed by atoms with Gasteiger partial charge in [0, 0.05) is 26.2 Å². The molecule has 0 radical (unpaired) electrons. The number of halogens is 4. The minimum Gasteiger partial charge on any atom is -0.342 e. The summed E-state index contributed by atoms with van der Waals surface area (Å²) in [4.78, 5) is 26.4. The topological polar surface area (TPSA) is 78.0 Å². The van der Waals surface area contributed by atoms with Gasteiger partial charge < -0.3 is 9.80 Å². The second kappa shape index (κ2) is 9.37. The van der Waals surface area contributed by atoms with Crippen LogP contribution in [0, 0.1) is 0 Å². The number of hydrogen-bond donors (Lipinski definition) is 0. The maximum atomic E-state index is 13.3. The average Bonchev–Trinajstić information content (AvgIpc) is 2.77. The molecule has 32 heavy (non-hydrogen) atoms. The summed E-state index contributed by atoms with van der Waals surface area (Å²) in [5, 5.41) is -0.254. The molecule has 0 N–H and O–H groups in total. The summed E-state index contributed by atoms with van der Waals surface area (Å²) < 4.78 is 67.1. The van der Waals surface area contributed by atoms with Gasteiger partial charge >= 0.3 is 6.18 Å². The van der Waals surface area contributed by atoms with Crippen molar-refractivity contribution in [1.29, 1.82) is 0 Å². The van der Waals surface area contributed by atoms with Crippen LogP contribution < -0.4 is 4.31 Å². The van der Waals surface area contributed by atoms with E-state index in [1.54, 1.807) is 6.07 Å². The van der Waals surface area contributed by atoms with Crippen LogP contribution in [-0.2, 0) is 25.8 Å². The number of rotatable bonds is 6. The Labute approximate surface area is 188 Å². The summed E-state index contributed by atoms with van der Waals surface area (Å²) in [6, 6.07) is 9.34. The van der Waals surface area contributed by atoms with Crippen LogP contribution in [0.1, 0.15) is 5.56 Å². The van der Waals surface area contributed by atoms with Crippen molar-refractivity contribution in [3.05, 3.63) is 59.1 Å². The lowest BCUT2D eigenvalue weighted by Crippen LogP contribution is -2.51. The minimum atomic E-state index is -4.74. The van der Waals surface area contributed by atoms with E-state index >= 15 is 0 Å². The molecule has 1 aliphatic rings. The Kier molecular flexibility index (Phi) is 6.99. The quantitative estimate of drug-likeness (QED) is 0.585. The van der Waals surface area contributed by atoms with Crippen molar-refractivity contribution in [3.8, 4) is 0 Å². The largest absolute Gasteiger partial charge is 0.416 e. The molecule has 2 aromatic rings. The molecule has 0 spiro atoms. The SMILES string of the molecule is O=CN1CCN(C(=O)CN(c2cc(C(F)(F)F)ccc2Cl)S(=O)(=O)c2ccccc2)CC1. The predicted molar refractivity (Wildman–Crippen MR) is 112 cm³/mol. The summed E-state index contributed by atoms with van der Waals surface area (Å²) in [5.74, 6) is -0.622.